The maximum atomic E-state index is 13.1. The molecule has 198 valence electrons. The van der Waals surface area contributed by atoms with Crippen LogP contribution in [0.1, 0.15) is 113 Å². The zero-order chi connectivity index (χ0) is 26.0. The number of allylic oxidation sites excluding steroid dienone is 3. The van der Waals surface area contributed by atoms with Crippen molar-refractivity contribution in [1.82, 2.24) is 0 Å². The number of carbonyl (C=O) groups is 1. The van der Waals surface area contributed by atoms with E-state index in [1.54, 1.807) is 18.3 Å². The quantitative estimate of drug-likeness (QED) is 0.308. The van der Waals surface area contributed by atoms with E-state index in [2.05, 4.69) is 55.0 Å². The van der Waals surface area contributed by atoms with Gasteiger partial charge in [-0.25, -0.2) is 0 Å². The van der Waals surface area contributed by atoms with Gasteiger partial charge in [0.15, 0.2) is 0 Å². The van der Waals surface area contributed by atoms with Crippen molar-refractivity contribution in [2.24, 2.45) is 45.3 Å². The predicted octanol–water partition coefficient (Wildman–Crippen LogP) is 7.88. The molecule has 4 unspecified atom stereocenters. The van der Waals surface area contributed by atoms with Gasteiger partial charge in [-0.05, 0) is 104 Å². The molecule has 0 bridgehead atoms. The third kappa shape index (κ3) is 3.89. The summed E-state index contributed by atoms with van der Waals surface area (Å²) in [6, 6.07) is 0. The van der Waals surface area contributed by atoms with E-state index in [9.17, 15) is 9.90 Å². The number of esters is 1. The highest BCUT2D eigenvalue weighted by Crippen LogP contribution is 2.72. The standard InChI is InChI=1S/C32H52O3/c1-20(2)21(3)10-11-22(28(34)35-9)23-14-18-32(8)25-12-13-26-29(4,5)27(33)16-17-30(26,6)24(25)15-19-31(23,32)7/h20,22-23,26-27,33H,3,10-19H2,1-2,4-9H3/t22?,23?,26?,27-,30+,31+,32?/m0/s1. The van der Waals surface area contributed by atoms with Crippen molar-refractivity contribution in [3.8, 4) is 0 Å². The first kappa shape index (κ1) is 27.0. The van der Waals surface area contributed by atoms with Crippen LogP contribution in [0.15, 0.2) is 23.3 Å². The van der Waals surface area contributed by atoms with E-state index >= 15 is 0 Å². The molecule has 2 fully saturated rings. The van der Waals surface area contributed by atoms with Crippen molar-refractivity contribution in [2.45, 2.75) is 119 Å². The minimum atomic E-state index is -0.190. The third-order valence-corrected chi connectivity index (χ3v) is 12.4. The van der Waals surface area contributed by atoms with Crippen molar-refractivity contribution < 1.29 is 14.6 Å². The molecule has 0 saturated heterocycles. The van der Waals surface area contributed by atoms with Gasteiger partial charge in [0.25, 0.3) is 0 Å². The number of hydrogen-bond acceptors (Lipinski definition) is 3. The van der Waals surface area contributed by atoms with Gasteiger partial charge in [-0.2, -0.15) is 0 Å². The van der Waals surface area contributed by atoms with E-state index < -0.39 is 0 Å². The number of ether oxygens (including phenoxy) is 1. The number of hydrogen-bond donors (Lipinski definition) is 1. The normalized spacial score (nSPS) is 41.1. The summed E-state index contributed by atoms with van der Waals surface area (Å²) in [5, 5.41) is 10.9. The Morgan fingerprint density at radius 3 is 2.34 bits per heavy atom. The molecule has 4 aliphatic rings. The first-order chi connectivity index (χ1) is 16.2. The molecule has 7 atom stereocenters. The fourth-order valence-corrected chi connectivity index (χ4v) is 9.63. The van der Waals surface area contributed by atoms with Gasteiger partial charge in [0, 0.05) is 0 Å². The molecule has 4 aliphatic carbocycles. The maximum Gasteiger partial charge on any atom is 0.308 e. The largest absolute Gasteiger partial charge is 0.469 e. The van der Waals surface area contributed by atoms with Crippen molar-refractivity contribution in [2.75, 3.05) is 7.11 Å². The second kappa shape index (κ2) is 9.03. The van der Waals surface area contributed by atoms with Gasteiger partial charge in [0.1, 0.15) is 0 Å². The molecule has 0 spiro atoms. The molecule has 4 rings (SSSR count). The van der Waals surface area contributed by atoms with Crippen LogP contribution in [0.5, 0.6) is 0 Å². The molecule has 3 nitrogen and oxygen atoms in total. The van der Waals surface area contributed by atoms with Crippen LogP contribution < -0.4 is 0 Å². The number of fused-ring (bicyclic) bond motifs is 4. The number of methoxy groups -OCH3 is 1. The molecule has 0 heterocycles. The highest BCUT2D eigenvalue weighted by molar-refractivity contribution is 5.73. The Morgan fingerprint density at radius 2 is 1.71 bits per heavy atom. The molecule has 0 aromatic carbocycles. The van der Waals surface area contributed by atoms with Gasteiger partial charge in [-0.1, -0.05) is 71.8 Å². The Morgan fingerprint density at radius 1 is 1.03 bits per heavy atom. The van der Waals surface area contributed by atoms with Gasteiger partial charge in [0.2, 0.25) is 0 Å². The first-order valence-electron chi connectivity index (χ1n) is 14.4. The number of rotatable bonds is 6. The van der Waals surface area contributed by atoms with Crippen molar-refractivity contribution >= 4 is 5.97 Å². The van der Waals surface area contributed by atoms with Crippen LogP contribution in [0.4, 0.5) is 0 Å². The Hall–Kier alpha value is -1.09. The highest BCUT2D eigenvalue weighted by atomic mass is 16.5. The summed E-state index contributed by atoms with van der Waals surface area (Å²) in [6.07, 6.45) is 10.6. The smallest absolute Gasteiger partial charge is 0.308 e. The Bertz CT molecular complexity index is 896. The molecule has 35 heavy (non-hydrogen) atoms. The lowest BCUT2D eigenvalue weighted by Gasteiger charge is -2.62. The van der Waals surface area contributed by atoms with Gasteiger partial charge < -0.3 is 9.84 Å². The van der Waals surface area contributed by atoms with Crippen molar-refractivity contribution in [1.29, 1.82) is 0 Å². The topological polar surface area (TPSA) is 46.5 Å². The highest BCUT2D eigenvalue weighted by Gasteiger charge is 2.64. The summed E-state index contributed by atoms with van der Waals surface area (Å²) < 4.78 is 5.40. The zero-order valence-corrected chi connectivity index (χ0v) is 23.9. The van der Waals surface area contributed by atoms with Crippen molar-refractivity contribution in [3.05, 3.63) is 23.3 Å². The van der Waals surface area contributed by atoms with Crippen LogP contribution >= 0.6 is 0 Å². The molecule has 0 aliphatic heterocycles. The number of carbonyl (C=O) groups excluding carboxylic acids is 1. The number of aliphatic hydroxyl groups excluding tert-OH is 1. The average Bonchev–Trinajstić information content (AvgIpc) is 3.08. The van der Waals surface area contributed by atoms with Crippen molar-refractivity contribution in [3.63, 3.8) is 0 Å². The molecule has 3 heteroatoms. The summed E-state index contributed by atoms with van der Waals surface area (Å²) in [4.78, 5) is 13.1. The summed E-state index contributed by atoms with van der Waals surface area (Å²) >= 11 is 0. The van der Waals surface area contributed by atoms with Crippen LogP contribution in [0, 0.1) is 45.3 Å². The average molecular weight is 485 g/mol. The molecular formula is C32H52O3. The summed E-state index contributed by atoms with van der Waals surface area (Å²) in [5.41, 5.74) is 5.16. The van der Waals surface area contributed by atoms with E-state index in [0.29, 0.717) is 17.8 Å². The minimum absolute atomic E-state index is 0.0181. The summed E-state index contributed by atoms with van der Waals surface area (Å²) in [5.74, 6) is 1.31. The molecule has 1 N–H and O–H groups in total. The van der Waals surface area contributed by atoms with Crippen LogP contribution in [-0.2, 0) is 9.53 Å². The summed E-state index contributed by atoms with van der Waals surface area (Å²) in [6.45, 7) is 20.8. The van der Waals surface area contributed by atoms with Crippen LogP contribution in [0.2, 0.25) is 0 Å². The lowest BCUT2D eigenvalue weighted by molar-refractivity contribution is -0.150. The second-order valence-electron chi connectivity index (χ2n) is 14.2. The van der Waals surface area contributed by atoms with E-state index in [-0.39, 0.29) is 39.7 Å². The third-order valence-electron chi connectivity index (χ3n) is 12.4. The van der Waals surface area contributed by atoms with Gasteiger partial charge >= 0.3 is 5.97 Å². The van der Waals surface area contributed by atoms with E-state index in [0.717, 1.165) is 51.4 Å². The maximum absolute atomic E-state index is 13.1. The van der Waals surface area contributed by atoms with Gasteiger partial charge in [-0.3, -0.25) is 4.79 Å². The monoisotopic (exact) mass is 484 g/mol. The van der Waals surface area contributed by atoms with Gasteiger partial charge in [-0.15, -0.1) is 0 Å². The predicted molar refractivity (Wildman–Crippen MR) is 144 cm³/mol. The van der Waals surface area contributed by atoms with Crippen LogP contribution in [0.25, 0.3) is 0 Å². The molecular weight excluding hydrogens is 432 g/mol. The Balaban J connectivity index is 1.68. The lowest BCUT2D eigenvalue weighted by Crippen LogP contribution is -2.55. The Kier molecular flexibility index (Phi) is 6.96. The number of aliphatic hydroxyl groups is 1. The zero-order valence-electron chi connectivity index (χ0n) is 23.9. The Labute approximate surface area is 215 Å². The van der Waals surface area contributed by atoms with E-state index in [4.69, 9.17) is 4.74 Å². The SMILES string of the molecule is C=C(CCC(C(=O)OC)C1CCC2(C)C3=C(CC[C@]12C)[C@@]1(C)CC[C@H](O)C(C)(C)C1CC3)C(C)C. The second-order valence-corrected chi connectivity index (χ2v) is 14.2. The fourth-order valence-electron chi connectivity index (χ4n) is 9.63. The molecule has 0 radical (unpaired) electrons. The van der Waals surface area contributed by atoms with Crippen LogP contribution in [0.3, 0.4) is 0 Å². The van der Waals surface area contributed by atoms with E-state index in [1.165, 1.54) is 18.4 Å². The molecule has 0 amide bonds. The van der Waals surface area contributed by atoms with Crippen LogP contribution in [-0.4, -0.2) is 24.3 Å². The molecule has 0 aromatic rings. The molecule has 0 aromatic heterocycles. The first-order valence-corrected chi connectivity index (χ1v) is 14.4. The van der Waals surface area contributed by atoms with E-state index in [1.807, 2.05) is 0 Å². The molecule has 2 saturated carbocycles. The fraction of sp³-hybridized carbons (Fsp3) is 0.844. The lowest BCUT2D eigenvalue weighted by atomic mass is 9.43. The van der Waals surface area contributed by atoms with Gasteiger partial charge in [0.05, 0.1) is 19.1 Å². The summed E-state index contributed by atoms with van der Waals surface area (Å²) in [7, 11) is 1.56. The minimum Gasteiger partial charge on any atom is -0.469 e.